The molecule has 0 bridgehead atoms. The topological polar surface area (TPSA) is 32.3 Å². The summed E-state index contributed by atoms with van der Waals surface area (Å²) in [6.07, 6.45) is 3.70. The summed E-state index contributed by atoms with van der Waals surface area (Å²) in [6, 6.07) is 14.6. The minimum Gasteiger partial charge on any atom is -0.378 e. The van der Waals surface area contributed by atoms with Crippen LogP contribution >= 0.6 is 0 Å². The van der Waals surface area contributed by atoms with Crippen molar-refractivity contribution in [1.82, 2.24) is 5.32 Å². The molecule has 25 heavy (non-hydrogen) atoms. The quantitative estimate of drug-likeness (QED) is 0.891. The summed E-state index contributed by atoms with van der Waals surface area (Å²) in [5.74, 6) is -0.218. The molecule has 0 spiro atoms. The summed E-state index contributed by atoms with van der Waals surface area (Å²) >= 11 is 0. The predicted octanol–water partition coefficient (Wildman–Crippen LogP) is 4.02. The first-order chi connectivity index (χ1) is 12.0. The van der Waals surface area contributed by atoms with Crippen LogP contribution in [-0.2, 0) is 16.8 Å². The SMILES string of the molecule is CN(C)c1cccc(CNC(=O)C2(c3ccc(F)cc3)CCCC2)c1. The minimum absolute atomic E-state index is 0.0480. The smallest absolute Gasteiger partial charge is 0.230 e. The number of halogens is 1. The minimum atomic E-state index is -0.521. The molecule has 1 amide bonds. The summed E-state index contributed by atoms with van der Waals surface area (Å²) < 4.78 is 13.3. The lowest BCUT2D eigenvalue weighted by atomic mass is 9.78. The number of amides is 1. The summed E-state index contributed by atoms with van der Waals surface area (Å²) in [5, 5.41) is 3.11. The van der Waals surface area contributed by atoms with Crippen LogP contribution in [0.1, 0.15) is 36.8 Å². The number of nitrogens with one attached hydrogen (secondary N) is 1. The monoisotopic (exact) mass is 340 g/mol. The molecule has 1 aliphatic carbocycles. The second-order valence-electron chi connectivity index (χ2n) is 7.04. The molecule has 0 aromatic heterocycles. The van der Waals surface area contributed by atoms with Crippen molar-refractivity contribution in [2.45, 2.75) is 37.6 Å². The molecule has 1 saturated carbocycles. The second kappa shape index (κ2) is 7.26. The normalized spacial score (nSPS) is 15.8. The Balaban J connectivity index is 1.76. The van der Waals surface area contributed by atoms with Crippen LogP contribution in [-0.4, -0.2) is 20.0 Å². The Morgan fingerprint density at radius 1 is 1.12 bits per heavy atom. The maximum Gasteiger partial charge on any atom is 0.230 e. The number of anilines is 1. The van der Waals surface area contributed by atoms with E-state index in [0.717, 1.165) is 42.5 Å². The molecule has 2 aromatic rings. The zero-order chi connectivity index (χ0) is 17.9. The van der Waals surface area contributed by atoms with Crippen molar-refractivity contribution in [3.63, 3.8) is 0 Å². The van der Waals surface area contributed by atoms with E-state index < -0.39 is 5.41 Å². The molecule has 4 heteroatoms. The van der Waals surface area contributed by atoms with Crippen molar-refractivity contribution in [2.24, 2.45) is 0 Å². The Morgan fingerprint density at radius 2 is 1.80 bits per heavy atom. The highest BCUT2D eigenvalue weighted by atomic mass is 19.1. The first-order valence-corrected chi connectivity index (χ1v) is 8.82. The van der Waals surface area contributed by atoms with Gasteiger partial charge in [-0.3, -0.25) is 4.79 Å². The van der Waals surface area contributed by atoms with E-state index in [1.54, 1.807) is 12.1 Å². The fraction of sp³-hybridized carbons (Fsp3) is 0.381. The van der Waals surface area contributed by atoms with Crippen molar-refractivity contribution in [3.05, 3.63) is 65.5 Å². The van der Waals surface area contributed by atoms with Crippen molar-refractivity contribution >= 4 is 11.6 Å². The molecular formula is C21H25FN2O. The molecule has 0 heterocycles. The zero-order valence-electron chi connectivity index (χ0n) is 14.9. The number of rotatable bonds is 5. The van der Waals surface area contributed by atoms with Gasteiger partial charge in [-0.2, -0.15) is 0 Å². The van der Waals surface area contributed by atoms with Gasteiger partial charge in [-0.1, -0.05) is 37.1 Å². The third-order valence-electron chi connectivity index (χ3n) is 5.17. The standard InChI is InChI=1S/C21H25FN2O/c1-24(2)19-7-5-6-16(14-19)15-23-20(25)21(12-3-4-13-21)17-8-10-18(22)11-9-17/h5-11,14H,3-4,12-13,15H2,1-2H3,(H,23,25). The van der Waals surface area contributed by atoms with Crippen LogP contribution in [0.3, 0.4) is 0 Å². The van der Waals surface area contributed by atoms with Crippen molar-refractivity contribution < 1.29 is 9.18 Å². The number of hydrogen-bond donors (Lipinski definition) is 1. The number of benzene rings is 2. The Kier molecular flexibility index (Phi) is 5.07. The molecule has 3 rings (SSSR count). The van der Waals surface area contributed by atoms with E-state index in [9.17, 15) is 9.18 Å². The van der Waals surface area contributed by atoms with E-state index in [-0.39, 0.29) is 11.7 Å². The molecule has 0 radical (unpaired) electrons. The van der Waals surface area contributed by atoms with Crippen molar-refractivity contribution in [3.8, 4) is 0 Å². The van der Waals surface area contributed by atoms with E-state index in [1.807, 2.05) is 37.2 Å². The van der Waals surface area contributed by atoms with E-state index in [2.05, 4.69) is 11.4 Å². The van der Waals surface area contributed by atoms with Crippen LogP contribution in [0.2, 0.25) is 0 Å². The van der Waals surface area contributed by atoms with E-state index >= 15 is 0 Å². The van der Waals surface area contributed by atoms with Gasteiger partial charge in [0.15, 0.2) is 0 Å². The number of nitrogens with zero attached hydrogens (tertiary/aromatic N) is 1. The predicted molar refractivity (Wildman–Crippen MR) is 99.2 cm³/mol. The molecule has 0 unspecified atom stereocenters. The summed E-state index contributed by atoms with van der Waals surface area (Å²) in [4.78, 5) is 15.1. The van der Waals surface area contributed by atoms with Gasteiger partial charge in [0, 0.05) is 26.3 Å². The van der Waals surface area contributed by atoms with Gasteiger partial charge in [-0.05, 0) is 48.2 Å². The fourth-order valence-corrected chi connectivity index (χ4v) is 3.69. The second-order valence-corrected chi connectivity index (χ2v) is 7.04. The molecular weight excluding hydrogens is 315 g/mol. The Labute approximate surface area is 148 Å². The lowest BCUT2D eigenvalue weighted by Crippen LogP contribution is -2.42. The lowest BCUT2D eigenvalue weighted by Gasteiger charge is -2.28. The zero-order valence-corrected chi connectivity index (χ0v) is 14.9. The molecule has 1 aliphatic rings. The maximum absolute atomic E-state index is 13.3. The van der Waals surface area contributed by atoms with Crippen molar-refractivity contribution in [1.29, 1.82) is 0 Å². The third kappa shape index (κ3) is 3.68. The Morgan fingerprint density at radius 3 is 2.44 bits per heavy atom. The molecule has 3 nitrogen and oxygen atoms in total. The Bertz CT molecular complexity index is 734. The molecule has 1 N–H and O–H groups in total. The summed E-state index contributed by atoms with van der Waals surface area (Å²) in [5.41, 5.74) is 2.59. The Hall–Kier alpha value is -2.36. The maximum atomic E-state index is 13.3. The number of carbonyl (C=O) groups is 1. The van der Waals surface area contributed by atoms with E-state index in [1.165, 1.54) is 12.1 Å². The van der Waals surface area contributed by atoms with Crippen LogP contribution in [0.4, 0.5) is 10.1 Å². The van der Waals surface area contributed by atoms with Gasteiger partial charge in [0.2, 0.25) is 5.91 Å². The van der Waals surface area contributed by atoms with Crippen LogP contribution in [0.5, 0.6) is 0 Å². The summed E-state index contributed by atoms with van der Waals surface area (Å²) in [6.45, 7) is 0.503. The summed E-state index contributed by atoms with van der Waals surface area (Å²) in [7, 11) is 4.00. The van der Waals surface area contributed by atoms with Crippen LogP contribution < -0.4 is 10.2 Å². The van der Waals surface area contributed by atoms with Crippen LogP contribution in [0.25, 0.3) is 0 Å². The van der Waals surface area contributed by atoms with Crippen LogP contribution in [0.15, 0.2) is 48.5 Å². The molecule has 2 aromatic carbocycles. The molecule has 0 saturated heterocycles. The van der Waals surface area contributed by atoms with E-state index in [4.69, 9.17) is 0 Å². The van der Waals surface area contributed by atoms with E-state index in [0.29, 0.717) is 6.54 Å². The highest BCUT2D eigenvalue weighted by Gasteiger charge is 2.42. The third-order valence-corrected chi connectivity index (χ3v) is 5.17. The first-order valence-electron chi connectivity index (χ1n) is 8.82. The molecule has 1 fully saturated rings. The first kappa shape index (κ1) is 17.5. The largest absolute Gasteiger partial charge is 0.378 e. The average Bonchev–Trinajstić information content (AvgIpc) is 3.11. The molecule has 0 aliphatic heterocycles. The van der Waals surface area contributed by atoms with Gasteiger partial charge in [-0.15, -0.1) is 0 Å². The lowest BCUT2D eigenvalue weighted by molar-refractivity contribution is -0.126. The van der Waals surface area contributed by atoms with Gasteiger partial charge in [-0.25, -0.2) is 4.39 Å². The molecule has 0 atom stereocenters. The van der Waals surface area contributed by atoms with Gasteiger partial charge < -0.3 is 10.2 Å². The average molecular weight is 340 g/mol. The van der Waals surface area contributed by atoms with Gasteiger partial charge in [0.1, 0.15) is 5.82 Å². The van der Waals surface area contributed by atoms with Gasteiger partial charge in [0.05, 0.1) is 5.41 Å². The highest BCUT2D eigenvalue weighted by molar-refractivity contribution is 5.88. The fourth-order valence-electron chi connectivity index (χ4n) is 3.69. The van der Waals surface area contributed by atoms with Crippen molar-refractivity contribution in [2.75, 3.05) is 19.0 Å². The van der Waals surface area contributed by atoms with Gasteiger partial charge in [0.25, 0.3) is 0 Å². The molecule has 132 valence electrons. The number of carbonyl (C=O) groups excluding carboxylic acids is 1. The highest BCUT2D eigenvalue weighted by Crippen LogP contribution is 2.41. The van der Waals surface area contributed by atoms with Gasteiger partial charge >= 0.3 is 0 Å². The number of hydrogen-bond acceptors (Lipinski definition) is 2. The van der Waals surface area contributed by atoms with Crippen LogP contribution in [0, 0.1) is 5.82 Å².